The van der Waals surface area contributed by atoms with Crippen molar-refractivity contribution in [2.24, 2.45) is 5.73 Å². The number of nitrogens with two attached hydrogens (primary N) is 1. The van der Waals surface area contributed by atoms with Gasteiger partial charge in [-0.25, -0.2) is 0 Å². The zero-order chi connectivity index (χ0) is 15.2. The second-order valence-corrected chi connectivity index (χ2v) is 4.88. The van der Waals surface area contributed by atoms with E-state index >= 15 is 0 Å². The summed E-state index contributed by atoms with van der Waals surface area (Å²) >= 11 is 0. The third kappa shape index (κ3) is 3.79. The number of aromatic nitrogens is 1. The largest absolute Gasteiger partial charge is 0.330 e. The fraction of sp³-hybridized carbons (Fsp3) is 0.250. The molecule has 1 aromatic carbocycles. The van der Waals surface area contributed by atoms with Gasteiger partial charge in [0.05, 0.1) is 5.56 Å². The maximum Gasteiger partial charge on any atom is 0.259 e. The summed E-state index contributed by atoms with van der Waals surface area (Å²) in [5.41, 5.74) is 7.70. The number of carbonyl (C=O) groups excluding carboxylic acids is 1. The topological polar surface area (TPSA) is 79.2 Å². The van der Waals surface area contributed by atoms with Crippen molar-refractivity contribution in [3.63, 3.8) is 0 Å². The van der Waals surface area contributed by atoms with E-state index in [2.05, 4.69) is 4.98 Å². The number of anilines is 1. The van der Waals surface area contributed by atoms with Gasteiger partial charge in [0.1, 0.15) is 0 Å². The van der Waals surface area contributed by atoms with Gasteiger partial charge in [0.2, 0.25) is 5.56 Å². The van der Waals surface area contributed by atoms with Crippen LogP contribution < -0.4 is 16.2 Å². The molecule has 110 valence electrons. The molecule has 0 aliphatic carbocycles. The predicted octanol–water partition coefficient (Wildman–Crippen LogP) is 1.68. The molecule has 21 heavy (non-hydrogen) atoms. The first-order chi connectivity index (χ1) is 10.1. The second kappa shape index (κ2) is 6.85. The molecule has 0 spiro atoms. The molecular formula is C16H19N3O2. The van der Waals surface area contributed by atoms with Crippen molar-refractivity contribution in [3.8, 4) is 0 Å². The van der Waals surface area contributed by atoms with E-state index in [1.54, 1.807) is 4.90 Å². The fourth-order valence-electron chi connectivity index (χ4n) is 2.09. The Balaban J connectivity index is 2.33. The summed E-state index contributed by atoms with van der Waals surface area (Å²) in [7, 11) is 0. The van der Waals surface area contributed by atoms with Gasteiger partial charge in [0.15, 0.2) is 0 Å². The maximum atomic E-state index is 12.6. The minimum absolute atomic E-state index is 0.148. The van der Waals surface area contributed by atoms with Gasteiger partial charge in [-0.2, -0.15) is 0 Å². The fourth-order valence-corrected chi connectivity index (χ4v) is 2.09. The van der Waals surface area contributed by atoms with Crippen LogP contribution in [-0.4, -0.2) is 24.0 Å². The molecule has 1 aromatic heterocycles. The number of nitrogens with one attached hydrogen (secondary N) is 1. The lowest BCUT2D eigenvalue weighted by atomic mass is 10.1. The standard InChI is InChI=1S/C16H19N3O2/c1-12-4-2-5-14(10-12)19(9-3-8-17)16(21)13-6-7-15(20)18-11-13/h2,4-7,10-11H,3,8-9,17H2,1H3,(H,18,20). The number of nitrogens with zero attached hydrogens (tertiary/aromatic N) is 1. The van der Waals surface area contributed by atoms with Crippen molar-refractivity contribution < 1.29 is 4.79 Å². The highest BCUT2D eigenvalue weighted by atomic mass is 16.2. The highest BCUT2D eigenvalue weighted by Gasteiger charge is 2.17. The van der Waals surface area contributed by atoms with Crippen LogP contribution in [0.25, 0.3) is 0 Å². The number of rotatable bonds is 5. The van der Waals surface area contributed by atoms with E-state index in [0.717, 1.165) is 11.3 Å². The Bertz CT molecular complexity index is 659. The van der Waals surface area contributed by atoms with E-state index in [9.17, 15) is 9.59 Å². The third-order valence-electron chi connectivity index (χ3n) is 3.18. The van der Waals surface area contributed by atoms with Gasteiger partial charge in [0, 0.05) is 24.5 Å². The molecule has 5 heteroatoms. The second-order valence-electron chi connectivity index (χ2n) is 4.88. The smallest absolute Gasteiger partial charge is 0.259 e. The average molecular weight is 285 g/mol. The Morgan fingerprint density at radius 2 is 2.10 bits per heavy atom. The number of aryl methyl sites for hydroxylation is 1. The summed E-state index contributed by atoms with van der Waals surface area (Å²) < 4.78 is 0. The van der Waals surface area contributed by atoms with Crippen LogP contribution in [0.3, 0.4) is 0 Å². The number of aromatic amines is 1. The molecule has 0 saturated carbocycles. The van der Waals surface area contributed by atoms with Crippen LogP contribution in [0.4, 0.5) is 5.69 Å². The molecule has 0 unspecified atom stereocenters. The van der Waals surface area contributed by atoms with E-state index < -0.39 is 0 Å². The van der Waals surface area contributed by atoms with Crippen LogP contribution in [0.1, 0.15) is 22.3 Å². The van der Waals surface area contributed by atoms with Crippen LogP contribution in [0.5, 0.6) is 0 Å². The molecule has 0 saturated heterocycles. The number of amides is 1. The van der Waals surface area contributed by atoms with Crippen molar-refractivity contribution >= 4 is 11.6 Å². The summed E-state index contributed by atoms with van der Waals surface area (Å²) in [6.07, 6.45) is 2.15. The van der Waals surface area contributed by atoms with Crippen LogP contribution >= 0.6 is 0 Å². The van der Waals surface area contributed by atoms with Crippen molar-refractivity contribution in [1.82, 2.24) is 4.98 Å². The number of pyridine rings is 1. The number of benzene rings is 1. The number of hydrogen-bond acceptors (Lipinski definition) is 3. The van der Waals surface area contributed by atoms with E-state index in [1.807, 2.05) is 31.2 Å². The normalized spacial score (nSPS) is 10.4. The Morgan fingerprint density at radius 1 is 1.29 bits per heavy atom. The van der Waals surface area contributed by atoms with Gasteiger partial charge in [-0.05, 0) is 43.7 Å². The Hall–Kier alpha value is -2.40. The zero-order valence-electron chi connectivity index (χ0n) is 12.0. The molecule has 1 heterocycles. The van der Waals surface area contributed by atoms with Gasteiger partial charge in [0.25, 0.3) is 5.91 Å². The van der Waals surface area contributed by atoms with Crippen LogP contribution in [-0.2, 0) is 0 Å². The predicted molar refractivity (Wildman–Crippen MR) is 83.6 cm³/mol. The first-order valence-electron chi connectivity index (χ1n) is 6.89. The minimum atomic E-state index is -0.226. The lowest BCUT2D eigenvalue weighted by molar-refractivity contribution is 0.0986. The zero-order valence-corrected chi connectivity index (χ0v) is 12.0. The summed E-state index contributed by atoms with van der Waals surface area (Å²) in [5.74, 6) is -0.148. The minimum Gasteiger partial charge on any atom is -0.330 e. The first kappa shape index (κ1) is 15.0. The molecule has 0 radical (unpaired) electrons. The Kier molecular flexibility index (Phi) is 4.90. The molecular weight excluding hydrogens is 266 g/mol. The number of carbonyl (C=O) groups is 1. The van der Waals surface area contributed by atoms with E-state index in [1.165, 1.54) is 18.3 Å². The Morgan fingerprint density at radius 3 is 2.71 bits per heavy atom. The summed E-state index contributed by atoms with van der Waals surface area (Å²) in [5, 5.41) is 0. The lowest BCUT2D eigenvalue weighted by Gasteiger charge is -2.23. The van der Waals surface area contributed by atoms with E-state index in [0.29, 0.717) is 25.1 Å². The number of H-pyrrole nitrogens is 1. The van der Waals surface area contributed by atoms with Crippen molar-refractivity contribution in [2.75, 3.05) is 18.0 Å². The summed E-state index contributed by atoms with van der Waals surface area (Å²) in [4.78, 5) is 28.0. The van der Waals surface area contributed by atoms with Crippen molar-refractivity contribution in [2.45, 2.75) is 13.3 Å². The van der Waals surface area contributed by atoms with Gasteiger partial charge in [-0.1, -0.05) is 12.1 Å². The Labute approximate surface area is 123 Å². The summed E-state index contributed by atoms with van der Waals surface area (Å²) in [6.45, 7) is 3.04. The monoisotopic (exact) mass is 285 g/mol. The molecule has 2 rings (SSSR count). The average Bonchev–Trinajstić information content (AvgIpc) is 2.48. The molecule has 0 aliphatic heterocycles. The van der Waals surface area contributed by atoms with Crippen molar-refractivity contribution in [3.05, 3.63) is 64.1 Å². The van der Waals surface area contributed by atoms with Gasteiger partial charge in [-0.15, -0.1) is 0 Å². The third-order valence-corrected chi connectivity index (χ3v) is 3.18. The van der Waals surface area contributed by atoms with Gasteiger partial charge < -0.3 is 15.6 Å². The SMILES string of the molecule is Cc1cccc(N(CCCN)C(=O)c2ccc(=O)[nH]c2)c1. The van der Waals surface area contributed by atoms with Crippen molar-refractivity contribution in [1.29, 1.82) is 0 Å². The molecule has 0 fully saturated rings. The van der Waals surface area contributed by atoms with E-state index in [-0.39, 0.29) is 11.5 Å². The van der Waals surface area contributed by atoms with Crippen LogP contribution in [0, 0.1) is 6.92 Å². The van der Waals surface area contributed by atoms with Gasteiger partial charge >= 0.3 is 0 Å². The van der Waals surface area contributed by atoms with E-state index in [4.69, 9.17) is 5.73 Å². The molecule has 0 bridgehead atoms. The quantitative estimate of drug-likeness (QED) is 0.877. The lowest BCUT2D eigenvalue weighted by Crippen LogP contribution is -2.33. The van der Waals surface area contributed by atoms with Gasteiger partial charge in [-0.3, -0.25) is 9.59 Å². The molecule has 0 aliphatic rings. The number of hydrogen-bond donors (Lipinski definition) is 2. The molecule has 3 N–H and O–H groups in total. The van der Waals surface area contributed by atoms with Crippen LogP contribution in [0.15, 0.2) is 47.4 Å². The molecule has 1 amide bonds. The highest BCUT2D eigenvalue weighted by molar-refractivity contribution is 6.05. The maximum absolute atomic E-state index is 12.6. The first-order valence-corrected chi connectivity index (χ1v) is 6.89. The molecule has 2 aromatic rings. The van der Waals surface area contributed by atoms with Crippen LogP contribution in [0.2, 0.25) is 0 Å². The molecule has 5 nitrogen and oxygen atoms in total. The molecule has 0 atom stereocenters. The highest BCUT2D eigenvalue weighted by Crippen LogP contribution is 2.18. The summed E-state index contributed by atoms with van der Waals surface area (Å²) in [6, 6.07) is 10.6.